The molecule has 7 heteroatoms. The van der Waals surface area contributed by atoms with Gasteiger partial charge in [0.25, 0.3) is 15.0 Å². The Balaban J connectivity index is 2.22. The molecule has 1 fully saturated rings. The molecule has 0 saturated heterocycles. The molecule has 0 spiro atoms. The van der Waals surface area contributed by atoms with E-state index in [2.05, 4.69) is 0 Å². The molecule has 104 valence electrons. The lowest BCUT2D eigenvalue weighted by Crippen LogP contribution is -2.29. The van der Waals surface area contributed by atoms with Crippen molar-refractivity contribution in [2.75, 3.05) is 13.6 Å². The van der Waals surface area contributed by atoms with E-state index in [9.17, 15) is 17.6 Å². The summed E-state index contributed by atoms with van der Waals surface area (Å²) < 4.78 is 35.9. The summed E-state index contributed by atoms with van der Waals surface area (Å²) in [5.41, 5.74) is -0.146. The lowest BCUT2D eigenvalue weighted by atomic mass is 10.2. The Hall–Kier alpha value is -1.14. The molecule has 1 aromatic rings. The largest absolute Gasteiger partial charge is 0.341 e. The van der Waals surface area contributed by atoms with Crippen molar-refractivity contribution in [3.05, 3.63) is 29.6 Å². The third-order valence-electron chi connectivity index (χ3n) is 3.03. The normalized spacial score (nSPS) is 15.3. The van der Waals surface area contributed by atoms with Crippen LogP contribution >= 0.6 is 10.7 Å². The van der Waals surface area contributed by atoms with E-state index in [4.69, 9.17) is 10.7 Å². The molecule has 0 aromatic heterocycles. The lowest BCUT2D eigenvalue weighted by Gasteiger charge is -2.17. The predicted molar refractivity (Wildman–Crippen MR) is 69.1 cm³/mol. The summed E-state index contributed by atoms with van der Waals surface area (Å²) in [5, 5.41) is 0. The van der Waals surface area contributed by atoms with Crippen LogP contribution < -0.4 is 0 Å². The number of rotatable bonds is 4. The molecule has 1 aromatic carbocycles. The van der Waals surface area contributed by atoms with Crippen LogP contribution in [0.15, 0.2) is 23.1 Å². The molecule has 4 nitrogen and oxygen atoms in total. The van der Waals surface area contributed by atoms with Gasteiger partial charge in [-0.2, -0.15) is 0 Å². The zero-order valence-corrected chi connectivity index (χ0v) is 11.8. The van der Waals surface area contributed by atoms with Crippen LogP contribution in [-0.2, 0) is 9.05 Å². The van der Waals surface area contributed by atoms with Gasteiger partial charge in [0.2, 0.25) is 0 Å². The van der Waals surface area contributed by atoms with E-state index in [1.54, 1.807) is 7.05 Å². The predicted octanol–water partition coefficient (Wildman–Crippen LogP) is 2.24. The molecular weight excluding hydrogens is 293 g/mol. The van der Waals surface area contributed by atoms with Gasteiger partial charge in [-0.25, -0.2) is 12.8 Å². The minimum Gasteiger partial charge on any atom is -0.341 e. The van der Waals surface area contributed by atoms with Gasteiger partial charge in [-0.3, -0.25) is 4.79 Å². The number of carbonyl (C=O) groups is 1. The number of benzene rings is 1. The van der Waals surface area contributed by atoms with Crippen molar-refractivity contribution in [3.8, 4) is 0 Å². The van der Waals surface area contributed by atoms with Crippen molar-refractivity contribution in [2.24, 2.45) is 5.92 Å². The van der Waals surface area contributed by atoms with Crippen molar-refractivity contribution in [1.29, 1.82) is 0 Å². The van der Waals surface area contributed by atoms with E-state index in [0.29, 0.717) is 12.5 Å². The van der Waals surface area contributed by atoms with Crippen molar-refractivity contribution in [2.45, 2.75) is 17.7 Å². The number of carbonyl (C=O) groups excluding carboxylic acids is 1. The van der Waals surface area contributed by atoms with E-state index in [1.807, 2.05) is 0 Å². The van der Waals surface area contributed by atoms with Gasteiger partial charge in [-0.15, -0.1) is 0 Å². The fourth-order valence-corrected chi connectivity index (χ4v) is 2.56. The van der Waals surface area contributed by atoms with E-state index in [1.165, 1.54) is 4.90 Å². The zero-order chi connectivity index (χ0) is 14.2. The number of hydrogen-bond acceptors (Lipinski definition) is 3. The van der Waals surface area contributed by atoms with Crippen LogP contribution in [0.1, 0.15) is 23.2 Å². The van der Waals surface area contributed by atoms with Gasteiger partial charge >= 0.3 is 0 Å². The average molecular weight is 306 g/mol. The fraction of sp³-hybridized carbons (Fsp3) is 0.417. The molecule has 0 N–H and O–H groups in total. The van der Waals surface area contributed by atoms with E-state index in [0.717, 1.165) is 31.0 Å². The van der Waals surface area contributed by atoms with Crippen LogP contribution in [0.25, 0.3) is 0 Å². The topological polar surface area (TPSA) is 54.5 Å². The SMILES string of the molecule is CN(CC1CC1)C(=O)c1ccc(S(=O)(=O)Cl)cc1F. The van der Waals surface area contributed by atoms with Crippen LogP contribution in [0, 0.1) is 11.7 Å². The van der Waals surface area contributed by atoms with Crippen molar-refractivity contribution < 1.29 is 17.6 Å². The van der Waals surface area contributed by atoms with E-state index >= 15 is 0 Å². The molecule has 0 radical (unpaired) electrons. The first-order valence-corrected chi connectivity index (χ1v) is 8.09. The van der Waals surface area contributed by atoms with Gasteiger partial charge in [0.05, 0.1) is 10.5 Å². The Labute approximate surface area is 115 Å². The first-order chi connectivity index (χ1) is 8.79. The second-order valence-corrected chi connectivity index (χ2v) is 7.27. The van der Waals surface area contributed by atoms with E-state index in [-0.39, 0.29) is 10.5 Å². The molecule has 19 heavy (non-hydrogen) atoms. The number of hydrogen-bond donors (Lipinski definition) is 0. The molecule has 0 heterocycles. The Morgan fingerprint density at radius 1 is 1.47 bits per heavy atom. The summed E-state index contributed by atoms with van der Waals surface area (Å²) in [6.07, 6.45) is 2.17. The van der Waals surface area contributed by atoms with Crippen molar-refractivity contribution in [1.82, 2.24) is 4.90 Å². The molecule has 2 rings (SSSR count). The first-order valence-electron chi connectivity index (χ1n) is 5.78. The average Bonchev–Trinajstić information content (AvgIpc) is 3.10. The van der Waals surface area contributed by atoms with Crippen molar-refractivity contribution >= 4 is 25.6 Å². The van der Waals surface area contributed by atoms with Gasteiger partial charge in [0, 0.05) is 24.3 Å². The van der Waals surface area contributed by atoms with Gasteiger partial charge in [-0.05, 0) is 37.0 Å². The second kappa shape index (κ2) is 5.09. The van der Waals surface area contributed by atoms with Gasteiger partial charge in [0.1, 0.15) is 5.82 Å². The third-order valence-corrected chi connectivity index (χ3v) is 4.38. The molecule has 1 saturated carbocycles. The Bertz CT molecular complexity index is 613. The summed E-state index contributed by atoms with van der Waals surface area (Å²) in [6.45, 7) is 0.591. The summed E-state index contributed by atoms with van der Waals surface area (Å²) in [5.74, 6) is -0.836. The first kappa shape index (κ1) is 14.3. The lowest BCUT2D eigenvalue weighted by molar-refractivity contribution is 0.0784. The highest BCUT2D eigenvalue weighted by molar-refractivity contribution is 8.13. The highest BCUT2D eigenvalue weighted by Crippen LogP contribution is 2.30. The quantitative estimate of drug-likeness (QED) is 0.802. The number of halogens is 2. The minimum atomic E-state index is -3.99. The highest BCUT2D eigenvalue weighted by atomic mass is 35.7. The Kier molecular flexibility index (Phi) is 3.82. The van der Waals surface area contributed by atoms with E-state index < -0.39 is 20.8 Å². The van der Waals surface area contributed by atoms with Gasteiger partial charge in [0.15, 0.2) is 0 Å². The maximum Gasteiger partial charge on any atom is 0.261 e. The molecule has 0 unspecified atom stereocenters. The van der Waals surface area contributed by atoms with Gasteiger partial charge < -0.3 is 4.90 Å². The maximum absolute atomic E-state index is 13.8. The number of amides is 1. The summed E-state index contributed by atoms with van der Waals surface area (Å²) in [4.78, 5) is 13.1. The van der Waals surface area contributed by atoms with Crippen LogP contribution in [0.3, 0.4) is 0 Å². The maximum atomic E-state index is 13.8. The summed E-state index contributed by atoms with van der Waals surface area (Å²) in [7, 11) is 2.73. The zero-order valence-electron chi connectivity index (χ0n) is 10.3. The smallest absolute Gasteiger partial charge is 0.261 e. The summed E-state index contributed by atoms with van der Waals surface area (Å²) in [6, 6.07) is 3.04. The molecule has 0 bridgehead atoms. The molecule has 1 aliphatic carbocycles. The Morgan fingerprint density at radius 3 is 2.58 bits per heavy atom. The number of nitrogens with zero attached hydrogens (tertiary/aromatic N) is 1. The van der Waals surface area contributed by atoms with Crippen LogP contribution in [0.5, 0.6) is 0 Å². The highest BCUT2D eigenvalue weighted by Gasteiger charge is 2.26. The minimum absolute atomic E-state index is 0.146. The molecule has 0 aliphatic heterocycles. The second-order valence-electron chi connectivity index (χ2n) is 4.71. The Morgan fingerprint density at radius 2 is 2.11 bits per heavy atom. The molecule has 1 aliphatic rings. The molecule has 0 atom stereocenters. The van der Waals surface area contributed by atoms with Crippen LogP contribution in [0.4, 0.5) is 4.39 Å². The monoisotopic (exact) mass is 305 g/mol. The van der Waals surface area contributed by atoms with Gasteiger partial charge in [-0.1, -0.05) is 0 Å². The fourth-order valence-electron chi connectivity index (χ4n) is 1.80. The third kappa shape index (κ3) is 3.45. The van der Waals surface area contributed by atoms with Crippen molar-refractivity contribution in [3.63, 3.8) is 0 Å². The summed E-state index contributed by atoms with van der Waals surface area (Å²) >= 11 is 0. The van der Waals surface area contributed by atoms with Crippen LogP contribution in [0.2, 0.25) is 0 Å². The molecule has 1 amide bonds. The molecular formula is C12H13ClFNO3S. The van der Waals surface area contributed by atoms with Crippen LogP contribution in [-0.4, -0.2) is 32.8 Å². The standard InChI is InChI=1S/C12H13ClFNO3S/c1-15(7-8-2-3-8)12(16)10-5-4-9(6-11(10)14)19(13,17)18/h4-6,8H,2-3,7H2,1H3.